The van der Waals surface area contributed by atoms with Crippen molar-refractivity contribution in [1.82, 2.24) is 0 Å². The number of allylic oxidation sites excluding steroid dienone is 6. The first-order chi connectivity index (χ1) is 12.8. The number of nitrogens with zero attached hydrogens (tertiary/aromatic N) is 4. The number of hydrogen-bond acceptors (Lipinski definition) is 2. The summed E-state index contributed by atoms with van der Waals surface area (Å²) in [5.41, 5.74) is 5.99. The molecule has 2 aliphatic rings. The van der Waals surface area contributed by atoms with Gasteiger partial charge in [0.05, 0.1) is 25.3 Å². The Labute approximate surface area is 150 Å². The van der Waals surface area contributed by atoms with Crippen LogP contribution < -0.4 is 0 Å². The molecule has 0 atom stereocenters. The molecule has 0 amide bonds. The highest BCUT2D eigenvalue weighted by Gasteiger charge is 2.38. The summed E-state index contributed by atoms with van der Waals surface area (Å²) in [7, 11) is 0. The molecule has 2 aliphatic carbocycles. The fraction of sp³-hybridized carbons (Fsp3) is 0. The number of benzene rings is 2. The Morgan fingerprint density at radius 3 is 1.31 bits per heavy atom. The van der Waals surface area contributed by atoms with Gasteiger partial charge in [0.2, 0.25) is 0 Å². The molecule has 0 saturated heterocycles. The number of hydrogen-bond donors (Lipinski definition) is 0. The molecule has 0 unspecified atom stereocenters. The maximum atomic E-state index is 9.49. The highest BCUT2D eigenvalue weighted by molar-refractivity contribution is 6.37. The average Bonchev–Trinajstić information content (AvgIpc) is 3.19. The van der Waals surface area contributed by atoms with Crippen molar-refractivity contribution < 1.29 is 0 Å². The van der Waals surface area contributed by atoms with E-state index in [1.165, 1.54) is 0 Å². The molecule has 0 aromatic heterocycles. The molecule has 0 heterocycles. The standard InChI is InChI=1S/C22H8N4/c1-25-17(11-23)19-13-7-3-5-9-15(13)22-20(18(12-24)26-2)14-8-4-6-10-16(14)21(19)22/h3-10H/b19-17-,20-18+. The molecular formula is C22H8N4. The van der Waals surface area contributed by atoms with Gasteiger partial charge in [0.25, 0.3) is 11.4 Å². The van der Waals surface area contributed by atoms with Gasteiger partial charge in [-0.1, -0.05) is 48.5 Å². The molecule has 0 spiro atoms. The van der Waals surface area contributed by atoms with E-state index >= 15 is 0 Å². The number of nitriles is 2. The maximum Gasteiger partial charge on any atom is 0.270 e. The zero-order chi connectivity index (χ0) is 18.3. The van der Waals surface area contributed by atoms with Crippen LogP contribution in [0.4, 0.5) is 0 Å². The lowest BCUT2D eigenvalue weighted by Gasteiger charge is -2.12. The van der Waals surface area contributed by atoms with Crippen molar-refractivity contribution in [3.63, 3.8) is 0 Å². The van der Waals surface area contributed by atoms with Crippen molar-refractivity contribution in [3.8, 4) is 12.1 Å². The van der Waals surface area contributed by atoms with Crippen LogP contribution in [0.15, 0.2) is 59.9 Å². The molecule has 2 aromatic rings. The molecule has 4 nitrogen and oxygen atoms in total. The molecule has 0 fully saturated rings. The predicted octanol–water partition coefficient (Wildman–Crippen LogP) is 4.93. The van der Waals surface area contributed by atoms with E-state index in [-0.39, 0.29) is 11.4 Å². The number of fused-ring (bicyclic) bond motifs is 4. The fourth-order valence-corrected chi connectivity index (χ4v) is 3.66. The first-order valence-corrected chi connectivity index (χ1v) is 7.75. The van der Waals surface area contributed by atoms with E-state index in [0.717, 1.165) is 33.4 Å². The first kappa shape index (κ1) is 15.2. The highest BCUT2D eigenvalue weighted by atomic mass is 14.7. The van der Waals surface area contributed by atoms with Gasteiger partial charge in [-0.05, 0) is 33.4 Å². The summed E-state index contributed by atoms with van der Waals surface area (Å²) < 4.78 is 0. The molecular weight excluding hydrogens is 320 g/mol. The summed E-state index contributed by atoms with van der Waals surface area (Å²) in [5, 5.41) is 19.0. The summed E-state index contributed by atoms with van der Waals surface area (Å²) in [6.45, 7) is 14.8. The minimum Gasteiger partial charge on any atom is -0.226 e. The Bertz CT molecular complexity index is 1130. The van der Waals surface area contributed by atoms with Crippen LogP contribution in [-0.4, -0.2) is 0 Å². The third-order valence-electron chi connectivity index (χ3n) is 4.59. The van der Waals surface area contributed by atoms with Gasteiger partial charge in [-0.3, -0.25) is 0 Å². The molecule has 26 heavy (non-hydrogen) atoms. The second kappa shape index (κ2) is 5.61. The number of rotatable bonds is 0. The Balaban J connectivity index is 2.25. The lowest BCUT2D eigenvalue weighted by atomic mass is 9.91. The highest BCUT2D eigenvalue weighted by Crippen LogP contribution is 2.58. The molecule has 0 aliphatic heterocycles. The molecule has 116 valence electrons. The third kappa shape index (κ3) is 1.79. The normalized spacial score (nSPS) is 17.1. The zero-order valence-corrected chi connectivity index (χ0v) is 13.4. The summed E-state index contributed by atoms with van der Waals surface area (Å²) in [4.78, 5) is 6.85. The van der Waals surface area contributed by atoms with Crippen LogP contribution in [0, 0.1) is 35.8 Å². The van der Waals surface area contributed by atoms with Crippen LogP contribution in [-0.2, 0) is 0 Å². The van der Waals surface area contributed by atoms with E-state index in [1.54, 1.807) is 0 Å². The van der Waals surface area contributed by atoms with E-state index in [0.29, 0.717) is 11.1 Å². The van der Waals surface area contributed by atoms with E-state index in [1.807, 2.05) is 60.7 Å². The van der Waals surface area contributed by atoms with Crippen molar-refractivity contribution >= 4 is 22.3 Å². The lowest BCUT2D eigenvalue weighted by Crippen LogP contribution is -1.94. The molecule has 4 heteroatoms. The largest absolute Gasteiger partial charge is 0.270 e. The summed E-state index contributed by atoms with van der Waals surface area (Å²) >= 11 is 0. The van der Waals surface area contributed by atoms with E-state index in [2.05, 4.69) is 9.69 Å². The Hall–Kier alpha value is -4.38. The summed E-state index contributed by atoms with van der Waals surface area (Å²) in [5.74, 6) is 0. The summed E-state index contributed by atoms with van der Waals surface area (Å²) in [6.07, 6.45) is 0. The van der Waals surface area contributed by atoms with Crippen molar-refractivity contribution in [2.75, 3.05) is 0 Å². The van der Waals surface area contributed by atoms with Gasteiger partial charge in [-0.15, -0.1) is 0 Å². The van der Waals surface area contributed by atoms with Crippen LogP contribution in [0.2, 0.25) is 0 Å². The Morgan fingerprint density at radius 2 is 1.00 bits per heavy atom. The molecule has 2 aromatic carbocycles. The Morgan fingerprint density at radius 1 is 0.654 bits per heavy atom. The van der Waals surface area contributed by atoms with Gasteiger partial charge in [0, 0.05) is 11.1 Å². The quantitative estimate of drug-likeness (QED) is 0.508. The van der Waals surface area contributed by atoms with Crippen LogP contribution in [0.1, 0.15) is 22.3 Å². The molecule has 0 N–H and O–H groups in total. The SMILES string of the molecule is [C-]#[N+]/C(C#N)=C1C2=C(/C(=C(\C#N)[N+]#[C-])c3ccccc32)c2ccccc2\1. The minimum atomic E-state index is 0.0137. The van der Waals surface area contributed by atoms with Gasteiger partial charge >= 0.3 is 0 Å². The van der Waals surface area contributed by atoms with Gasteiger partial charge in [-0.2, -0.15) is 0 Å². The molecule has 0 bridgehead atoms. The van der Waals surface area contributed by atoms with Crippen LogP contribution in [0.3, 0.4) is 0 Å². The summed E-state index contributed by atoms with van der Waals surface area (Å²) in [6, 6.07) is 19.0. The predicted molar refractivity (Wildman–Crippen MR) is 98.0 cm³/mol. The fourth-order valence-electron chi connectivity index (χ4n) is 3.66. The third-order valence-corrected chi connectivity index (χ3v) is 4.59. The van der Waals surface area contributed by atoms with E-state index in [4.69, 9.17) is 13.1 Å². The zero-order valence-electron chi connectivity index (χ0n) is 13.4. The van der Waals surface area contributed by atoms with E-state index < -0.39 is 0 Å². The van der Waals surface area contributed by atoms with Crippen LogP contribution in [0.25, 0.3) is 32.0 Å². The Kier molecular flexibility index (Phi) is 3.27. The van der Waals surface area contributed by atoms with E-state index in [9.17, 15) is 10.5 Å². The molecule has 0 saturated carbocycles. The maximum absolute atomic E-state index is 9.49. The van der Waals surface area contributed by atoms with Crippen molar-refractivity contribution in [2.24, 2.45) is 0 Å². The second-order valence-electron chi connectivity index (χ2n) is 5.74. The monoisotopic (exact) mass is 328 g/mol. The second-order valence-corrected chi connectivity index (χ2v) is 5.74. The van der Waals surface area contributed by atoms with Gasteiger partial charge in [-0.25, -0.2) is 20.2 Å². The van der Waals surface area contributed by atoms with Crippen LogP contribution >= 0.6 is 0 Å². The topological polar surface area (TPSA) is 56.3 Å². The lowest BCUT2D eigenvalue weighted by molar-refractivity contribution is 1.48. The smallest absolute Gasteiger partial charge is 0.226 e. The molecule has 4 rings (SSSR count). The minimum absolute atomic E-state index is 0.0137. The van der Waals surface area contributed by atoms with Gasteiger partial charge < -0.3 is 0 Å². The van der Waals surface area contributed by atoms with Gasteiger partial charge in [0.1, 0.15) is 0 Å². The van der Waals surface area contributed by atoms with Crippen molar-refractivity contribution in [3.05, 3.63) is 105 Å². The van der Waals surface area contributed by atoms with Crippen LogP contribution in [0.5, 0.6) is 0 Å². The van der Waals surface area contributed by atoms with Crippen molar-refractivity contribution in [2.45, 2.75) is 0 Å². The first-order valence-electron chi connectivity index (χ1n) is 7.75. The van der Waals surface area contributed by atoms with Gasteiger partial charge in [0.15, 0.2) is 0 Å². The average molecular weight is 328 g/mol. The molecule has 0 radical (unpaired) electrons. The van der Waals surface area contributed by atoms with Crippen molar-refractivity contribution in [1.29, 1.82) is 10.5 Å².